The van der Waals surface area contributed by atoms with Crippen molar-refractivity contribution < 1.29 is 14.5 Å². The fraction of sp³-hybridized carbons (Fsp3) is 0.462. The van der Waals surface area contributed by atoms with Crippen molar-refractivity contribution in [2.45, 2.75) is 25.3 Å². The predicted octanol–water partition coefficient (Wildman–Crippen LogP) is 2.78. The number of hydrogen-bond donors (Lipinski definition) is 0. The maximum absolute atomic E-state index is 11.8. The third-order valence-corrected chi connectivity index (χ3v) is 3.65. The van der Waals surface area contributed by atoms with Crippen molar-refractivity contribution in [3.63, 3.8) is 0 Å². The van der Waals surface area contributed by atoms with Crippen molar-refractivity contribution >= 4 is 28.9 Å². The van der Waals surface area contributed by atoms with Gasteiger partial charge in [0.05, 0.1) is 12.0 Å². The van der Waals surface area contributed by atoms with Crippen LogP contribution in [0.4, 0.5) is 11.4 Å². The number of methoxy groups -OCH3 is 1. The molecule has 0 N–H and O–H groups in total. The normalized spacial score (nSPS) is 18.7. The molecule has 1 fully saturated rings. The molecule has 1 aromatic rings. The number of carbonyl (C=O) groups is 1. The smallest absolute Gasteiger partial charge is 0.328 e. The summed E-state index contributed by atoms with van der Waals surface area (Å²) in [5.74, 6) is -0.376. The Bertz CT molecular complexity index is 535. The Hall–Kier alpha value is -1.82. The first-order valence-electron chi connectivity index (χ1n) is 6.33. The maximum atomic E-state index is 11.8. The highest BCUT2D eigenvalue weighted by Crippen LogP contribution is 2.35. The molecule has 0 bridgehead atoms. The van der Waals surface area contributed by atoms with E-state index in [9.17, 15) is 14.9 Å². The number of carbonyl (C=O) groups excluding carboxylic acids is 1. The van der Waals surface area contributed by atoms with E-state index in [1.54, 1.807) is 4.90 Å². The van der Waals surface area contributed by atoms with Gasteiger partial charge >= 0.3 is 5.97 Å². The van der Waals surface area contributed by atoms with Gasteiger partial charge in [0.15, 0.2) is 0 Å². The van der Waals surface area contributed by atoms with Gasteiger partial charge in [-0.25, -0.2) is 4.79 Å². The van der Waals surface area contributed by atoms with Crippen LogP contribution in [0.1, 0.15) is 19.3 Å². The van der Waals surface area contributed by atoms with Crippen molar-refractivity contribution in [1.82, 2.24) is 0 Å². The molecule has 1 unspecified atom stereocenters. The molecular formula is C13H15ClN2O4. The molecule has 1 aromatic carbocycles. The second-order valence-electron chi connectivity index (χ2n) is 4.62. The van der Waals surface area contributed by atoms with E-state index in [2.05, 4.69) is 0 Å². The Kier molecular flexibility index (Phi) is 4.44. The topological polar surface area (TPSA) is 72.7 Å². The lowest BCUT2D eigenvalue weighted by Crippen LogP contribution is -2.45. The number of benzene rings is 1. The van der Waals surface area contributed by atoms with Gasteiger partial charge in [0.1, 0.15) is 11.7 Å². The molecule has 0 spiro atoms. The summed E-state index contributed by atoms with van der Waals surface area (Å²) in [5, 5.41) is 11.5. The third kappa shape index (κ3) is 2.85. The van der Waals surface area contributed by atoms with Crippen LogP contribution in [0.15, 0.2) is 18.2 Å². The first kappa shape index (κ1) is 14.6. The highest BCUT2D eigenvalue weighted by atomic mass is 35.5. The molecule has 0 aromatic heterocycles. The summed E-state index contributed by atoms with van der Waals surface area (Å²) in [6, 6.07) is 3.87. The molecule has 2 rings (SSSR count). The minimum atomic E-state index is -0.495. The monoisotopic (exact) mass is 298 g/mol. The zero-order valence-electron chi connectivity index (χ0n) is 11.0. The van der Waals surface area contributed by atoms with Crippen molar-refractivity contribution in [3.05, 3.63) is 33.3 Å². The van der Waals surface area contributed by atoms with Crippen LogP contribution in [0.5, 0.6) is 0 Å². The highest BCUT2D eigenvalue weighted by Gasteiger charge is 2.33. The van der Waals surface area contributed by atoms with Gasteiger partial charge in [-0.1, -0.05) is 11.6 Å². The first-order chi connectivity index (χ1) is 9.54. The zero-order chi connectivity index (χ0) is 14.7. The summed E-state index contributed by atoms with van der Waals surface area (Å²) in [6.45, 7) is 0.570. The summed E-state index contributed by atoms with van der Waals surface area (Å²) < 4.78 is 4.79. The summed E-state index contributed by atoms with van der Waals surface area (Å²) >= 11 is 5.94. The van der Waals surface area contributed by atoms with E-state index in [0.29, 0.717) is 23.7 Å². The molecule has 0 amide bonds. The van der Waals surface area contributed by atoms with Gasteiger partial charge < -0.3 is 9.64 Å². The van der Waals surface area contributed by atoms with Crippen molar-refractivity contribution in [2.24, 2.45) is 0 Å². The summed E-state index contributed by atoms with van der Waals surface area (Å²) in [4.78, 5) is 24.2. The molecular weight excluding hydrogens is 284 g/mol. The number of nitro benzene ring substituents is 1. The number of halogens is 1. The van der Waals surface area contributed by atoms with Gasteiger partial charge in [0.25, 0.3) is 5.69 Å². The molecule has 7 heteroatoms. The number of hydrogen-bond acceptors (Lipinski definition) is 5. The Morgan fingerprint density at radius 2 is 2.25 bits per heavy atom. The first-order valence-corrected chi connectivity index (χ1v) is 6.71. The van der Waals surface area contributed by atoms with Crippen molar-refractivity contribution in [2.75, 3.05) is 18.6 Å². The molecule has 108 valence electrons. The standard InChI is InChI=1S/C13H15ClN2O4/c1-20-13(17)11-4-2-3-7-15(11)12-8-9(14)5-6-10(12)16(18)19/h5-6,8,11H,2-4,7H2,1H3. The molecule has 1 heterocycles. The van der Waals surface area contributed by atoms with Crippen molar-refractivity contribution in [3.8, 4) is 0 Å². The van der Waals surface area contributed by atoms with E-state index in [0.717, 1.165) is 12.8 Å². The molecule has 0 saturated carbocycles. The van der Waals surface area contributed by atoms with Crippen LogP contribution >= 0.6 is 11.6 Å². The lowest BCUT2D eigenvalue weighted by Gasteiger charge is -2.35. The largest absolute Gasteiger partial charge is 0.467 e. The van der Waals surface area contributed by atoms with E-state index in [1.165, 1.54) is 25.3 Å². The van der Waals surface area contributed by atoms with Gasteiger partial charge in [-0.05, 0) is 31.4 Å². The Balaban J connectivity index is 2.44. The van der Waals surface area contributed by atoms with E-state index in [1.807, 2.05) is 0 Å². The lowest BCUT2D eigenvalue weighted by molar-refractivity contribution is -0.384. The van der Waals surface area contributed by atoms with E-state index in [-0.39, 0.29) is 11.7 Å². The summed E-state index contributed by atoms with van der Waals surface area (Å²) in [6.07, 6.45) is 2.39. The summed E-state index contributed by atoms with van der Waals surface area (Å²) in [7, 11) is 1.32. The average molecular weight is 299 g/mol. The van der Waals surface area contributed by atoms with Crippen LogP contribution in [0, 0.1) is 10.1 Å². The molecule has 1 aliphatic heterocycles. The minimum absolute atomic E-state index is 0.0507. The highest BCUT2D eigenvalue weighted by molar-refractivity contribution is 6.31. The van der Waals surface area contributed by atoms with E-state index >= 15 is 0 Å². The Labute approximate surface area is 121 Å². The van der Waals surface area contributed by atoms with Crippen LogP contribution < -0.4 is 4.90 Å². The van der Waals surface area contributed by atoms with Gasteiger partial charge in [-0.3, -0.25) is 10.1 Å². The molecule has 1 saturated heterocycles. The molecule has 20 heavy (non-hydrogen) atoms. The number of nitro groups is 1. The molecule has 1 aliphatic rings. The third-order valence-electron chi connectivity index (χ3n) is 3.42. The maximum Gasteiger partial charge on any atom is 0.328 e. The second kappa shape index (κ2) is 6.09. The van der Waals surface area contributed by atoms with Crippen LogP contribution in [0.2, 0.25) is 5.02 Å². The number of esters is 1. The minimum Gasteiger partial charge on any atom is -0.467 e. The summed E-state index contributed by atoms with van der Waals surface area (Å²) in [5.41, 5.74) is 0.322. The average Bonchev–Trinajstić information content (AvgIpc) is 2.46. The van der Waals surface area contributed by atoms with Crippen LogP contribution in [-0.4, -0.2) is 30.6 Å². The van der Waals surface area contributed by atoms with Gasteiger partial charge in [0.2, 0.25) is 0 Å². The van der Waals surface area contributed by atoms with E-state index < -0.39 is 11.0 Å². The second-order valence-corrected chi connectivity index (χ2v) is 5.05. The fourth-order valence-electron chi connectivity index (χ4n) is 2.48. The number of ether oxygens (including phenoxy) is 1. The number of nitrogens with zero attached hydrogens (tertiary/aromatic N) is 2. The predicted molar refractivity (Wildman–Crippen MR) is 75.1 cm³/mol. The zero-order valence-corrected chi connectivity index (χ0v) is 11.8. The molecule has 1 atom stereocenters. The van der Waals surface area contributed by atoms with Crippen LogP contribution in [-0.2, 0) is 9.53 Å². The number of rotatable bonds is 3. The van der Waals surface area contributed by atoms with Crippen molar-refractivity contribution in [1.29, 1.82) is 0 Å². The van der Waals surface area contributed by atoms with E-state index in [4.69, 9.17) is 16.3 Å². The quantitative estimate of drug-likeness (QED) is 0.487. The molecule has 6 nitrogen and oxygen atoms in total. The lowest BCUT2D eigenvalue weighted by atomic mass is 10.0. The van der Waals surface area contributed by atoms with Crippen LogP contribution in [0.25, 0.3) is 0 Å². The Morgan fingerprint density at radius 3 is 2.90 bits per heavy atom. The Morgan fingerprint density at radius 1 is 1.50 bits per heavy atom. The van der Waals surface area contributed by atoms with Gasteiger partial charge in [-0.15, -0.1) is 0 Å². The molecule has 0 radical (unpaired) electrons. The fourth-order valence-corrected chi connectivity index (χ4v) is 2.65. The van der Waals surface area contributed by atoms with Gasteiger partial charge in [0, 0.05) is 17.6 Å². The van der Waals surface area contributed by atoms with Crippen LogP contribution in [0.3, 0.4) is 0 Å². The number of anilines is 1. The SMILES string of the molecule is COC(=O)C1CCCCN1c1cc(Cl)ccc1[N+](=O)[O-]. The number of piperidine rings is 1. The van der Waals surface area contributed by atoms with Gasteiger partial charge in [-0.2, -0.15) is 0 Å². The molecule has 0 aliphatic carbocycles.